The van der Waals surface area contributed by atoms with E-state index in [2.05, 4.69) is 75.1 Å². The van der Waals surface area contributed by atoms with Crippen molar-refractivity contribution < 1.29 is 9.47 Å². The third-order valence-corrected chi connectivity index (χ3v) is 9.49. The first-order chi connectivity index (χ1) is 16.3. The van der Waals surface area contributed by atoms with E-state index in [9.17, 15) is 0 Å². The summed E-state index contributed by atoms with van der Waals surface area (Å²) in [6.45, 7) is 17.9. The molecule has 1 heterocycles. The fourth-order valence-electron chi connectivity index (χ4n) is 3.68. The van der Waals surface area contributed by atoms with Crippen molar-refractivity contribution in [3.8, 4) is 23.7 Å². The van der Waals surface area contributed by atoms with Gasteiger partial charge in [-0.1, -0.05) is 99.4 Å². The molecule has 2 aromatic rings. The van der Waals surface area contributed by atoms with Crippen molar-refractivity contribution in [2.75, 3.05) is 0 Å². The van der Waals surface area contributed by atoms with Crippen molar-refractivity contribution in [1.82, 2.24) is 0 Å². The standard InChI is InChI=1S/C31H38O2Si2/c1-31(2)32-29(23-27(34(3,4)5)21-19-25-15-11-9-12-16-25)30(33-31)24-28(35(6,7)8)22-20-26-17-13-10-14-18-26/h9-18,23-24,29-30H,1-8H3/b27-23+,28-24+/t29-,30-/m1/s1. The van der Waals surface area contributed by atoms with E-state index in [4.69, 9.17) is 9.47 Å². The van der Waals surface area contributed by atoms with Gasteiger partial charge in [0.15, 0.2) is 5.79 Å². The first kappa shape index (κ1) is 27.0. The van der Waals surface area contributed by atoms with E-state index < -0.39 is 21.9 Å². The summed E-state index contributed by atoms with van der Waals surface area (Å²) in [5.74, 6) is 13.0. The quantitative estimate of drug-likeness (QED) is 0.327. The van der Waals surface area contributed by atoms with Gasteiger partial charge in [0.2, 0.25) is 0 Å². The maximum atomic E-state index is 6.39. The zero-order valence-electron chi connectivity index (χ0n) is 22.4. The number of hydrogen-bond acceptors (Lipinski definition) is 2. The van der Waals surface area contributed by atoms with Crippen LogP contribution in [0.4, 0.5) is 0 Å². The molecule has 0 spiro atoms. The highest BCUT2D eigenvalue weighted by Gasteiger charge is 2.40. The van der Waals surface area contributed by atoms with Crippen LogP contribution in [0.3, 0.4) is 0 Å². The minimum atomic E-state index is -1.71. The number of ether oxygens (including phenoxy) is 2. The van der Waals surface area contributed by atoms with E-state index in [0.717, 1.165) is 11.1 Å². The minimum absolute atomic E-state index is 0.207. The van der Waals surface area contributed by atoms with Gasteiger partial charge >= 0.3 is 0 Å². The summed E-state index contributed by atoms with van der Waals surface area (Å²) in [4.78, 5) is 0. The van der Waals surface area contributed by atoms with Gasteiger partial charge in [-0.15, -0.1) is 0 Å². The zero-order chi connectivity index (χ0) is 25.7. The van der Waals surface area contributed by atoms with Crippen LogP contribution in [0.5, 0.6) is 0 Å². The van der Waals surface area contributed by atoms with E-state index in [1.54, 1.807) is 0 Å². The Morgan fingerprint density at radius 2 is 1.00 bits per heavy atom. The molecule has 2 aromatic carbocycles. The van der Waals surface area contributed by atoms with E-state index in [1.807, 2.05) is 74.5 Å². The summed E-state index contributed by atoms with van der Waals surface area (Å²) in [5.41, 5.74) is 2.04. The fourth-order valence-corrected chi connectivity index (χ4v) is 5.89. The van der Waals surface area contributed by atoms with Crippen molar-refractivity contribution in [3.63, 3.8) is 0 Å². The van der Waals surface area contributed by atoms with Gasteiger partial charge in [0, 0.05) is 11.1 Å². The number of rotatable bonds is 4. The molecular formula is C31H38O2Si2. The molecule has 3 rings (SSSR count). The Bertz CT molecular complexity index is 1090. The number of hydrogen-bond donors (Lipinski definition) is 0. The van der Waals surface area contributed by atoms with E-state index in [1.165, 1.54) is 10.4 Å². The normalized spacial score (nSPS) is 20.5. The largest absolute Gasteiger partial charge is 0.340 e. The lowest BCUT2D eigenvalue weighted by molar-refractivity contribution is -0.139. The molecule has 0 unspecified atom stereocenters. The highest BCUT2D eigenvalue weighted by molar-refractivity contribution is 6.84. The molecule has 1 saturated heterocycles. The lowest BCUT2D eigenvalue weighted by Gasteiger charge is -2.21. The van der Waals surface area contributed by atoms with Crippen LogP contribution < -0.4 is 0 Å². The predicted octanol–water partition coefficient (Wildman–Crippen LogP) is 7.22. The number of allylic oxidation sites excluding steroid dienone is 2. The Morgan fingerprint density at radius 3 is 1.31 bits per heavy atom. The topological polar surface area (TPSA) is 18.5 Å². The Kier molecular flexibility index (Phi) is 8.47. The first-order valence-electron chi connectivity index (χ1n) is 12.3. The lowest BCUT2D eigenvalue weighted by atomic mass is 10.1. The van der Waals surface area contributed by atoms with Crippen LogP contribution in [0.25, 0.3) is 0 Å². The van der Waals surface area contributed by atoms with E-state index >= 15 is 0 Å². The second-order valence-electron chi connectivity index (χ2n) is 11.5. The van der Waals surface area contributed by atoms with Crippen molar-refractivity contribution in [1.29, 1.82) is 0 Å². The Labute approximate surface area is 214 Å². The van der Waals surface area contributed by atoms with Crippen LogP contribution in [0.15, 0.2) is 83.2 Å². The molecule has 1 aliphatic heterocycles. The molecule has 0 saturated carbocycles. The molecule has 2 atom stereocenters. The highest BCUT2D eigenvalue weighted by Crippen LogP contribution is 2.33. The molecule has 0 aromatic heterocycles. The molecule has 0 bridgehead atoms. The Morgan fingerprint density at radius 1 is 0.657 bits per heavy atom. The van der Waals surface area contributed by atoms with Gasteiger partial charge in [-0.05, 0) is 60.7 Å². The SMILES string of the molecule is CC1(C)O[C@H](/C=C(\C#Cc2ccccc2)[Si](C)(C)C)[C@@H](/C=C(\C#Cc2ccccc2)[Si](C)(C)C)O1. The van der Waals surface area contributed by atoms with E-state index in [-0.39, 0.29) is 12.2 Å². The molecule has 182 valence electrons. The average molecular weight is 499 g/mol. The maximum absolute atomic E-state index is 6.39. The summed E-state index contributed by atoms with van der Waals surface area (Å²) in [5, 5.41) is 2.35. The monoisotopic (exact) mass is 498 g/mol. The van der Waals surface area contributed by atoms with Gasteiger partial charge in [-0.3, -0.25) is 0 Å². The van der Waals surface area contributed by atoms with Gasteiger partial charge in [0.1, 0.15) is 12.2 Å². The zero-order valence-corrected chi connectivity index (χ0v) is 24.4. The molecule has 1 fully saturated rings. The van der Waals surface area contributed by atoms with Gasteiger partial charge in [0.05, 0.1) is 16.1 Å². The Balaban J connectivity index is 2.01. The molecule has 4 heteroatoms. The molecule has 2 nitrogen and oxygen atoms in total. The van der Waals surface area contributed by atoms with Crippen molar-refractivity contribution in [2.24, 2.45) is 0 Å². The van der Waals surface area contributed by atoms with Gasteiger partial charge in [-0.25, -0.2) is 0 Å². The second kappa shape index (κ2) is 11.0. The summed E-state index contributed by atoms with van der Waals surface area (Å²) in [7, 11) is -3.42. The summed E-state index contributed by atoms with van der Waals surface area (Å²) in [6.07, 6.45) is 4.01. The number of benzene rings is 2. The molecule has 35 heavy (non-hydrogen) atoms. The highest BCUT2D eigenvalue weighted by atomic mass is 28.3. The second-order valence-corrected chi connectivity index (χ2v) is 21.5. The minimum Gasteiger partial charge on any atom is -0.340 e. The fraction of sp³-hybridized carbons (Fsp3) is 0.355. The summed E-state index contributed by atoms with van der Waals surface area (Å²) >= 11 is 0. The van der Waals surface area contributed by atoms with Crippen LogP contribution in [-0.4, -0.2) is 34.1 Å². The van der Waals surface area contributed by atoms with Crippen LogP contribution in [0, 0.1) is 23.7 Å². The molecule has 0 aliphatic carbocycles. The third kappa shape index (κ3) is 8.23. The van der Waals surface area contributed by atoms with Crippen LogP contribution >= 0.6 is 0 Å². The van der Waals surface area contributed by atoms with Crippen LogP contribution in [0.2, 0.25) is 39.3 Å². The Hall–Kier alpha value is -2.61. The summed E-state index contributed by atoms with van der Waals surface area (Å²) in [6, 6.07) is 20.3. The van der Waals surface area contributed by atoms with Gasteiger partial charge < -0.3 is 9.47 Å². The average Bonchev–Trinajstić information content (AvgIpc) is 3.06. The third-order valence-electron chi connectivity index (χ3n) is 5.67. The maximum Gasteiger partial charge on any atom is 0.164 e. The lowest BCUT2D eigenvalue weighted by Crippen LogP contribution is -2.29. The van der Waals surface area contributed by atoms with E-state index in [0.29, 0.717) is 0 Å². The van der Waals surface area contributed by atoms with Crippen LogP contribution in [0.1, 0.15) is 25.0 Å². The molecular weight excluding hydrogens is 461 g/mol. The van der Waals surface area contributed by atoms with Crippen molar-refractivity contribution in [3.05, 3.63) is 94.3 Å². The molecule has 0 radical (unpaired) electrons. The summed E-state index contributed by atoms with van der Waals surface area (Å²) < 4.78 is 12.8. The molecule has 1 aliphatic rings. The van der Waals surface area contributed by atoms with Crippen molar-refractivity contribution >= 4 is 16.1 Å². The first-order valence-corrected chi connectivity index (χ1v) is 19.3. The van der Waals surface area contributed by atoms with Gasteiger partial charge in [-0.2, -0.15) is 0 Å². The smallest absolute Gasteiger partial charge is 0.164 e. The predicted molar refractivity (Wildman–Crippen MR) is 153 cm³/mol. The molecule has 0 amide bonds. The van der Waals surface area contributed by atoms with Gasteiger partial charge in [0.25, 0.3) is 0 Å². The van der Waals surface area contributed by atoms with Crippen LogP contribution in [-0.2, 0) is 9.47 Å². The van der Waals surface area contributed by atoms with Crippen molar-refractivity contribution in [2.45, 2.75) is 71.1 Å². The molecule has 0 N–H and O–H groups in total.